The van der Waals surface area contributed by atoms with Gasteiger partial charge in [-0.3, -0.25) is 0 Å². The molecule has 1 unspecified atom stereocenters. The Morgan fingerprint density at radius 1 is 0.780 bits per heavy atom. The van der Waals surface area contributed by atoms with E-state index in [1.807, 2.05) is 0 Å². The van der Waals surface area contributed by atoms with E-state index in [4.69, 9.17) is 58.1 Å². The largest absolute Gasteiger partial charge is 0.394 e. The van der Waals surface area contributed by atoms with Crippen LogP contribution in [0.25, 0.3) is 0 Å². The molecule has 18 atom stereocenters. The van der Waals surface area contributed by atoms with Crippen LogP contribution in [0.3, 0.4) is 0 Å². The Labute approximate surface area is 237 Å². The van der Waals surface area contributed by atoms with E-state index in [1.54, 1.807) is 0 Å². The number of hydrogen-bond donors (Lipinski definition) is 11. The first-order valence-corrected chi connectivity index (χ1v) is 14.1. The third-order valence-corrected chi connectivity index (χ3v) is 8.80. The van der Waals surface area contributed by atoms with Gasteiger partial charge in [0.25, 0.3) is 0 Å². The third kappa shape index (κ3) is 6.70. The van der Waals surface area contributed by atoms with E-state index in [9.17, 15) is 29.9 Å². The molecule has 1 saturated carbocycles. The smallest absolute Gasteiger partial charge is 0.187 e. The molecular weight excluding hydrogens is 551 g/mol. The quantitative estimate of drug-likeness (QED) is 0.118. The molecule has 0 amide bonds. The summed E-state index contributed by atoms with van der Waals surface area (Å²) in [5, 5.41) is 52.7. The second kappa shape index (κ2) is 13.9. The zero-order valence-corrected chi connectivity index (χ0v) is 22.8. The van der Waals surface area contributed by atoms with Crippen molar-refractivity contribution in [2.75, 3.05) is 19.8 Å². The van der Waals surface area contributed by atoms with Crippen molar-refractivity contribution in [2.45, 2.75) is 123 Å². The Balaban J connectivity index is 1.52. The number of alkyl halides is 1. The molecule has 0 radical (unpaired) electrons. The molecule has 17 N–H and O–H groups in total. The van der Waals surface area contributed by atoms with Gasteiger partial charge in [0.05, 0.1) is 43.1 Å². The first-order chi connectivity index (χ1) is 19.4. The average molecular weight is 599 g/mol. The maximum Gasteiger partial charge on any atom is 0.187 e. The highest BCUT2D eigenvalue weighted by atomic mass is 19.1. The Bertz CT molecular complexity index is 842. The zero-order valence-electron chi connectivity index (χ0n) is 22.8. The van der Waals surface area contributed by atoms with Gasteiger partial charge >= 0.3 is 0 Å². The molecule has 0 aromatic heterocycles. The molecule has 4 fully saturated rings. The lowest BCUT2D eigenvalue weighted by molar-refractivity contribution is -0.280. The van der Waals surface area contributed by atoms with Crippen molar-refractivity contribution in [3.63, 3.8) is 0 Å². The van der Waals surface area contributed by atoms with Crippen LogP contribution in [-0.2, 0) is 23.7 Å². The van der Waals surface area contributed by atoms with E-state index >= 15 is 0 Å². The van der Waals surface area contributed by atoms with Crippen molar-refractivity contribution >= 4 is 0 Å². The van der Waals surface area contributed by atoms with E-state index in [2.05, 4.69) is 0 Å². The van der Waals surface area contributed by atoms with Crippen molar-refractivity contribution in [3.8, 4) is 0 Å². The molecule has 16 nitrogen and oxygen atoms in total. The third-order valence-electron chi connectivity index (χ3n) is 8.80. The fourth-order valence-corrected chi connectivity index (χ4v) is 6.32. The topological polar surface area (TPSA) is 303 Å². The number of rotatable bonds is 9. The molecular formula is C24H47FN6O10. The highest BCUT2D eigenvalue weighted by Crippen LogP contribution is 2.38. The second-order valence-electron chi connectivity index (χ2n) is 11.6. The number of aliphatic hydroxyl groups excluding tert-OH is 5. The minimum Gasteiger partial charge on any atom is -0.394 e. The fraction of sp³-hybridized carbons (Fsp3) is 1.00. The summed E-state index contributed by atoms with van der Waals surface area (Å²) < 4.78 is 42.8. The number of nitrogens with two attached hydrogens (primary N) is 6. The SMILES string of the molecule is NC[C@@H]1O[C@H](O[C@H]2[C@@H](O)[C@H](O[C@@H]3[C@@H](O)[C@H](N)C[C@H](N)[C@H]3C3O[C@H]([C@@H](N)CF)CC[C@H]3N)O[C@@H]2CO)[C@H](N)[C@@H](O)[C@@H]1O. The molecule has 4 rings (SSSR count). The summed E-state index contributed by atoms with van der Waals surface area (Å²) in [6.07, 6.45) is -13.2. The highest BCUT2D eigenvalue weighted by molar-refractivity contribution is 5.05. The van der Waals surface area contributed by atoms with Crippen LogP contribution in [0, 0.1) is 5.92 Å². The lowest BCUT2D eigenvalue weighted by Crippen LogP contribution is -2.67. The molecule has 0 aromatic rings. The van der Waals surface area contributed by atoms with Crippen LogP contribution in [-0.4, -0.2) is 149 Å². The maximum absolute atomic E-state index is 13.3. The normalized spacial score (nSPS) is 52.0. The van der Waals surface area contributed by atoms with E-state index in [1.165, 1.54) is 0 Å². The van der Waals surface area contributed by atoms with Crippen molar-refractivity contribution < 1.29 is 53.6 Å². The first-order valence-electron chi connectivity index (χ1n) is 14.1. The van der Waals surface area contributed by atoms with Crippen LogP contribution >= 0.6 is 0 Å². The Kier molecular flexibility index (Phi) is 11.3. The molecule has 0 spiro atoms. The first kappa shape index (κ1) is 33.2. The molecule has 3 heterocycles. The minimum atomic E-state index is -1.54. The molecule has 0 aromatic carbocycles. The molecule has 240 valence electrons. The van der Waals surface area contributed by atoms with Crippen LogP contribution < -0.4 is 34.4 Å². The Hall–Kier alpha value is -0.710. The van der Waals surface area contributed by atoms with Crippen LogP contribution in [0.1, 0.15) is 19.3 Å². The molecule has 3 saturated heterocycles. The molecule has 3 aliphatic heterocycles. The van der Waals surface area contributed by atoms with Gasteiger partial charge in [-0.15, -0.1) is 0 Å². The fourth-order valence-electron chi connectivity index (χ4n) is 6.32. The average Bonchev–Trinajstić information content (AvgIpc) is 3.25. The van der Waals surface area contributed by atoms with Gasteiger partial charge in [0.2, 0.25) is 0 Å². The Morgan fingerprint density at radius 3 is 2.07 bits per heavy atom. The van der Waals surface area contributed by atoms with Gasteiger partial charge in [0.1, 0.15) is 43.3 Å². The predicted molar refractivity (Wildman–Crippen MR) is 139 cm³/mol. The summed E-state index contributed by atoms with van der Waals surface area (Å²) in [4.78, 5) is 0. The predicted octanol–water partition coefficient (Wildman–Crippen LogP) is -6.23. The van der Waals surface area contributed by atoms with Crippen LogP contribution in [0.5, 0.6) is 0 Å². The van der Waals surface area contributed by atoms with Gasteiger partial charge < -0.3 is 83.6 Å². The minimum absolute atomic E-state index is 0.145. The van der Waals surface area contributed by atoms with E-state index in [0.29, 0.717) is 12.8 Å². The number of ether oxygens (including phenoxy) is 5. The van der Waals surface area contributed by atoms with Gasteiger partial charge in [-0.1, -0.05) is 0 Å². The lowest BCUT2D eigenvalue weighted by atomic mass is 9.72. The van der Waals surface area contributed by atoms with E-state index in [-0.39, 0.29) is 13.0 Å². The summed E-state index contributed by atoms with van der Waals surface area (Å²) in [7, 11) is 0. The van der Waals surface area contributed by atoms with Gasteiger partial charge in [-0.05, 0) is 19.3 Å². The molecule has 1 aliphatic carbocycles. The summed E-state index contributed by atoms with van der Waals surface area (Å²) in [6, 6.07) is -4.05. The monoisotopic (exact) mass is 598 g/mol. The molecule has 0 bridgehead atoms. The number of hydrogen-bond acceptors (Lipinski definition) is 16. The summed E-state index contributed by atoms with van der Waals surface area (Å²) in [5.74, 6) is -0.741. The van der Waals surface area contributed by atoms with Gasteiger partial charge in [-0.2, -0.15) is 0 Å². The molecule has 41 heavy (non-hydrogen) atoms. The second-order valence-corrected chi connectivity index (χ2v) is 11.6. The summed E-state index contributed by atoms with van der Waals surface area (Å²) >= 11 is 0. The van der Waals surface area contributed by atoms with E-state index in [0.717, 1.165) is 0 Å². The lowest BCUT2D eigenvalue weighted by Gasteiger charge is -2.50. The van der Waals surface area contributed by atoms with Crippen LogP contribution in [0.2, 0.25) is 0 Å². The van der Waals surface area contributed by atoms with Crippen molar-refractivity contribution in [1.82, 2.24) is 0 Å². The highest BCUT2D eigenvalue weighted by Gasteiger charge is 2.55. The van der Waals surface area contributed by atoms with Gasteiger partial charge in [0, 0.05) is 30.6 Å². The molecule has 4 aliphatic rings. The summed E-state index contributed by atoms with van der Waals surface area (Å²) in [5.41, 5.74) is 36.5. The van der Waals surface area contributed by atoms with E-state index < -0.39 is 123 Å². The van der Waals surface area contributed by atoms with Crippen molar-refractivity contribution in [1.29, 1.82) is 0 Å². The van der Waals surface area contributed by atoms with Crippen LogP contribution in [0.15, 0.2) is 0 Å². The summed E-state index contributed by atoms with van der Waals surface area (Å²) in [6.45, 7) is -1.54. The van der Waals surface area contributed by atoms with Gasteiger partial charge in [0.15, 0.2) is 12.6 Å². The van der Waals surface area contributed by atoms with Crippen LogP contribution in [0.4, 0.5) is 4.39 Å². The van der Waals surface area contributed by atoms with Crippen molar-refractivity contribution in [3.05, 3.63) is 0 Å². The maximum atomic E-state index is 13.3. The number of halogens is 1. The van der Waals surface area contributed by atoms with Crippen molar-refractivity contribution in [2.24, 2.45) is 40.3 Å². The van der Waals surface area contributed by atoms with Gasteiger partial charge in [-0.25, -0.2) is 4.39 Å². The molecule has 17 heteroatoms. The Morgan fingerprint density at radius 2 is 1.44 bits per heavy atom. The number of aliphatic hydroxyl groups is 5. The zero-order chi connectivity index (χ0) is 30.2. The standard InChI is InChI=1S/C24H47FN6O10/c25-4-10(30)11-2-1-7(27)20(37-11)14-8(28)3-9(29)16(33)22(14)41-24-19(36)21(13(6-32)39-24)40-23-15(31)18(35)17(34)12(5-26)38-23/h7-24,32-36H,1-6,26-31H2/t7-,8+,9-,10+,11+,12+,13-,14+,15-,16+,17-,18-,19-,20?,21-,22+,23-,24+/m1/s1.